The van der Waals surface area contributed by atoms with Crippen LogP contribution in [0.25, 0.3) is 0 Å². The number of nitrogens with one attached hydrogen (secondary N) is 1. The summed E-state index contributed by atoms with van der Waals surface area (Å²) in [6.45, 7) is 1.23. The molecule has 0 aliphatic carbocycles. The highest BCUT2D eigenvalue weighted by molar-refractivity contribution is 9.10. The molecule has 0 aromatic heterocycles. The highest BCUT2D eigenvalue weighted by atomic mass is 79.9. The van der Waals surface area contributed by atoms with E-state index in [9.17, 15) is 13.2 Å². The minimum Gasteiger partial charge on any atom is -0.468 e. The fourth-order valence-corrected chi connectivity index (χ4v) is 2.82. The quantitative estimate of drug-likeness (QED) is 0.835. The van der Waals surface area contributed by atoms with Crippen LogP contribution in [-0.2, 0) is 19.6 Å². The molecule has 0 saturated carbocycles. The lowest BCUT2D eigenvalue weighted by Crippen LogP contribution is -2.33. The average molecular weight is 347 g/mol. The van der Waals surface area contributed by atoms with Gasteiger partial charge in [0.25, 0.3) is 0 Å². The van der Waals surface area contributed by atoms with E-state index >= 15 is 0 Å². The normalized spacial score (nSPS) is 12.3. The molecule has 1 unspecified atom stereocenters. The van der Waals surface area contributed by atoms with Crippen LogP contribution in [0.3, 0.4) is 0 Å². The zero-order valence-corrected chi connectivity index (χ0v) is 12.6. The Hall–Kier alpha value is -1.59. The number of halogens is 1. The van der Waals surface area contributed by atoms with Gasteiger partial charge in [0.05, 0.1) is 24.4 Å². The number of rotatable bonds is 4. The Kier molecular flexibility index (Phi) is 4.91. The second-order valence-electron chi connectivity index (χ2n) is 3.62. The van der Waals surface area contributed by atoms with E-state index in [2.05, 4.69) is 25.4 Å². The molecule has 0 aliphatic heterocycles. The largest absolute Gasteiger partial charge is 0.468 e. The molecular formula is C11H11BrN2O4S. The molecule has 0 amide bonds. The molecule has 1 aromatic rings. The average Bonchev–Trinajstić information content (AvgIpc) is 2.39. The Morgan fingerprint density at radius 3 is 2.63 bits per heavy atom. The predicted octanol–water partition coefficient (Wildman–Crippen LogP) is 1.62. The number of methoxy groups -OCH3 is 1. The molecule has 0 aliphatic rings. The zero-order chi connectivity index (χ0) is 14.6. The van der Waals surface area contributed by atoms with Crippen LogP contribution in [0.15, 0.2) is 22.7 Å². The zero-order valence-electron chi connectivity index (χ0n) is 10.2. The Morgan fingerprint density at radius 1 is 1.53 bits per heavy atom. The summed E-state index contributed by atoms with van der Waals surface area (Å²) in [5.41, 5.74) is 0.630. The molecule has 0 radical (unpaired) electrons. The second-order valence-corrected chi connectivity index (χ2v) is 6.47. The van der Waals surface area contributed by atoms with Crippen LogP contribution in [0.1, 0.15) is 12.5 Å². The van der Waals surface area contributed by atoms with Gasteiger partial charge in [-0.2, -0.15) is 5.26 Å². The van der Waals surface area contributed by atoms with Crippen LogP contribution in [-0.4, -0.2) is 26.7 Å². The number of hydrogen-bond acceptors (Lipinski definition) is 5. The van der Waals surface area contributed by atoms with Crippen molar-refractivity contribution in [3.05, 3.63) is 28.2 Å². The number of benzene rings is 1. The Balaban J connectivity index is 3.03. The summed E-state index contributed by atoms with van der Waals surface area (Å²) in [4.78, 5) is 11.2. The van der Waals surface area contributed by atoms with Gasteiger partial charge < -0.3 is 4.74 Å². The number of nitriles is 1. The van der Waals surface area contributed by atoms with E-state index < -0.39 is 21.2 Å². The summed E-state index contributed by atoms with van der Waals surface area (Å²) in [7, 11) is -2.79. The van der Waals surface area contributed by atoms with Crippen LogP contribution in [0.5, 0.6) is 0 Å². The van der Waals surface area contributed by atoms with Crippen LogP contribution < -0.4 is 4.72 Å². The second kappa shape index (κ2) is 6.04. The summed E-state index contributed by atoms with van der Waals surface area (Å²) in [5.74, 6) is -0.850. The van der Waals surface area contributed by atoms with Crippen molar-refractivity contribution in [3.63, 3.8) is 0 Å². The third-order valence-corrected chi connectivity index (χ3v) is 4.63. The molecule has 1 aromatic carbocycles. The summed E-state index contributed by atoms with van der Waals surface area (Å²) in [5, 5.41) is 7.37. The fourth-order valence-electron chi connectivity index (χ4n) is 1.20. The van der Waals surface area contributed by atoms with Gasteiger partial charge in [0, 0.05) is 4.47 Å². The molecule has 1 N–H and O–H groups in total. The monoisotopic (exact) mass is 346 g/mol. The molecule has 0 bridgehead atoms. The first kappa shape index (κ1) is 15.5. The molecule has 0 heterocycles. The number of hydrogen-bond donors (Lipinski definition) is 1. The van der Waals surface area contributed by atoms with Gasteiger partial charge in [-0.05, 0) is 41.1 Å². The van der Waals surface area contributed by atoms with Crippen LogP contribution in [0.4, 0.5) is 5.69 Å². The van der Waals surface area contributed by atoms with Crippen molar-refractivity contribution < 1.29 is 17.9 Å². The third-order valence-electron chi connectivity index (χ3n) is 2.35. The van der Waals surface area contributed by atoms with Crippen LogP contribution in [0.2, 0.25) is 0 Å². The van der Waals surface area contributed by atoms with E-state index in [4.69, 9.17) is 5.26 Å². The fraction of sp³-hybridized carbons (Fsp3) is 0.273. The maximum atomic E-state index is 11.9. The minimum atomic E-state index is -3.90. The van der Waals surface area contributed by atoms with Gasteiger partial charge in [-0.15, -0.1) is 0 Å². The molecule has 6 nitrogen and oxygen atoms in total. The molecule has 19 heavy (non-hydrogen) atoms. The van der Waals surface area contributed by atoms with Crippen molar-refractivity contribution in [2.75, 3.05) is 11.8 Å². The van der Waals surface area contributed by atoms with Crippen molar-refractivity contribution in [1.82, 2.24) is 0 Å². The molecule has 0 spiro atoms. The predicted molar refractivity (Wildman–Crippen MR) is 72.9 cm³/mol. The van der Waals surface area contributed by atoms with Gasteiger partial charge >= 0.3 is 5.97 Å². The lowest BCUT2D eigenvalue weighted by Gasteiger charge is -2.14. The number of carbonyl (C=O) groups is 1. The Labute approximate surface area is 119 Å². The van der Waals surface area contributed by atoms with Gasteiger partial charge in [-0.25, -0.2) is 8.42 Å². The summed E-state index contributed by atoms with van der Waals surface area (Å²) in [6, 6.07) is 6.30. The Morgan fingerprint density at radius 2 is 2.16 bits per heavy atom. The highest BCUT2D eigenvalue weighted by Gasteiger charge is 2.29. The number of esters is 1. The smallest absolute Gasteiger partial charge is 0.325 e. The summed E-state index contributed by atoms with van der Waals surface area (Å²) >= 11 is 3.15. The first-order valence-electron chi connectivity index (χ1n) is 5.11. The van der Waals surface area contributed by atoms with Crippen molar-refractivity contribution >= 4 is 37.6 Å². The molecule has 0 saturated heterocycles. The number of anilines is 1. The van der Waals surface area contributed by atoms with E-state index in [-0.39, 0.29) is 5.69 Å². The summed E-state index contributed by atoms with van der Waals surface area (Å²) < 4.78 is 30.9. The molecule has 8 heteroatoms. The van der Waals surface area contributed by atoms with E-state index in [0.717, 1.165) is 7.11 Å². The number of nitrogens with zero attached hydrogens (tertiary/aromatic N) is 1. The lowest BCUT2D eigenvalue weighted by atomic mass is 10.2. The van der Waals surface area contributed by atoms with E-state index in [1.165, 1.54) is 25.1 Å². The first-order valence-corrected chi connectivity index (χ1v) is 7.45. The number of ether oxygens (including phenoxy) is 1. The maximum absolute atomic E-state index is 11.9. The van der Waals surface area contributed by atoms with Crippen LogP contribution >= 0.6 is 15.9 Å². The van der Waals surface area contributed by atoms with Gasteiger partial charge in [-0.1, -0.05) is 0 Å². The molecular weight excluding hydrogens is 336 g/mol. The third kappa shape index (κ3) is 3.68. The van der Waals surface area contributed by atoms with Gasteiger partial charge in [0.2, 0.25) is 10.0 Å². The van der Waals surface area contributed by atoms with Crippen molar-refractivity contribution in [2.45, 2.75) is 12.2 Å². The van der Waals surface area contributed by atoms with E-state index in [0.29, 0.717) is 10.0 Å². The SMILES string of the molecule is COC(=O)C(C)S(=O)(=O)Nc1ccc(C#N)cc1Br. The van der Waals surface area contributed by atoms with Gasteiger partial charge in [0.15, 0.2) is 5.25 Å². The minimum absolute atomic E-state index is 0.245. The maximum Gasteiger partial charge on any atom is 0.325 e. The highest BCUT2D eigenvalue weighted by Crippen LogP contribution is 2.25. The van der Waals surface area contributed by atoms with E-state index in [1.807, 2.05) is 6.07 Å². The van der Waals surface area contributed by atoms with Crippen molar-refractivity contribution in [1.29, 1.82) is 5.26 Å². The number of sulfonamides is 1. The van der Waals surface area contributed by atoms with Crippen molar-refractivity contribution in [3.8, 4) is 6.07 Å². The molecule has 1 atom stereocenters. The van der Waals surface area contributed by atoms with Crippen LogP contribution in [0, 0.1) is 11.3 Å². The van der Waals surface area contributed by atoms with Crippen molar-refractivity contribution in [2.24, 2.45) is 0 Å². The number of carbonyl (C=O) groups excluding carboxylic acids is 1. The van der Waals surface area contributed by atoms with E-state index in [1.54, 1.807) is 0 Å². The first-order chi connectivity index (χ1) is 8.81. The Bertz CT molecular complexity index is 637. The topological polar surface area (TPSA) is 96.3 Å². The molecule has 102 valence electrons. The van der Waals surface area contributed by atoms with Gasteiger partial charge in [0.1, 0.15) is 0 Å². The van der Waals surface area contributed by atoms with Gasteiger partial charge in [-0.3, -0.25) is 9.52 Å². The lowest BCUT2D eigenvalue weighted by molar-refractivity contribution is -0.139. The standard InChI is InChI=1S/C11H11BrN2O4S/c1-7(11(15)18-2)19(16,17)14-10-4-3-8(6-13)5-9(10)12/h3-5,7,14H,1-2H3. The molecule has 1 rings (SSSR count). The summed E-state index contributed by atoms with van der Waals surface area (Å²) in [6.07, 6.45) is 0. The molecule has 0 fully saturated rings.